The number of H-pyrrole nitrogens is 1. The van der Waals surface area contributed by atoms with Gasteiger partial charge in [-0.3, -0.25) is 9.89 Å². The molecule has 1 aromatic heterocycles. The number of piperidine rings is 1. The van der Waals surface area contributed by atoms with Crippen LogP contribution in [-0.4, -0.2) is 29.2 Å². The van der Waals surface area contributed by atoms with Gasteiger partial charge in [-0.15, -0.1) is 0 Å². The van der Waals surface area contributed by atoms with E-state index in [1.807, 2.05) is 6.92 Å². The molecule has 2 rings (SSSR count). The molecule has 0 radical (unpaired) electrons. The highest BCUT2D eigenvalue weighted by Gasteiger charge is 2.21. The summed E-state index contributed by atoms with van der Waals surface area (Å²) in [5.74, 6) is 1.21. The molecule has 1 saturated heterocycles. The molecule has 2 unspecified atom stereocenters. The van der Waals surface area contributed by atoms with Gasteiger partial charge in [0, 0.05) is 24.2 Å². The molecule has 1 aliphatic rings. The van der Waals surface area contributed by atoms with Gasteiger partial charge in [0.15, 0.2) is 0 Å². The number of carbonyl (C=O) groups is 1. The number of hydrogen-bond acceptors (Lipinski definition) is 3. The van der Waals surface area contributed by atoms with Crippen LogP contribution in [0, 0.1) is 18.8 Å². The first-order valence-corrected chi connectivity index (χ1v) is 7.13. The second kappa shape index (κ2) is 6.70. The second-order valence-corrected chi connectivity index (χ2v) is 5.58. The van der Waals surface area contributed by atoms with E-state index in [1.54, 1.807) is 6.20 Å². The van der Waals surface area contributed by atoms with Crippen LogP contribution < -0.4 is 10.6 Å². The van der Waals surface area contributed by atoms with Gasteiger partial charge in [0.05, 0.1) is 6.20 Å². The zero-order valence-electron chi connectivity index (χ0n) is 11.8. The van der Waals surface area contributed by atoms with E-state index in [4.69, 9.17) is 0 Å². The van der Waals surface area contributed by atoms with Crippen molar-refractivity contribution < 1.29 is 4.79 Å². The van der Waals surface area contributed by atoms with E-state index in [0.717, 1.165) is 24.3 Å². The van der Waals surface area contributed by atoms with Crippen molar-refractivity contribution in [3.05, 3.63) is 17.5 Å². The maximum absolute atomic E-state index is 11.9. The molecule has 1 amide bonds. The lowest BCUT2D eigenvalue weighted by Gasteiger charge is -2.28. The number of rotatable bonds is 5. The second-order valence-electron chi connectivity index (χ2n) is 5.58. The monoisotopic (exact) mass is 264 g/mol. The van der Waals surface area contributed by atoms with Crippen LogP contribution in [0.25, 0.3) is 0 Å². The Morgan fingerprint density at radius 1 is 1.63 bits per heavy atom. The van der Waals surface area contributed by atoms with E-state index in [2.05, 4.69) is 27.8 Å². The molecule has 106 valence electrons. The van der Waals surface area contributed by atoms with Crippen LogP contribution in [0.15, 0.2) is 6.20 Å². The number of aryl methyl sites for hydroxylation is 1. The van der Waals surface area contributed by atoms with Gasteiger partial charge in [-0.1, -0.05) is 6.92 Å². The summed E-state index contributed by atoms with van der Waals surface area (Å²) in [6.07, 6.45) is 4.85. The van der Waals surface area contributed by atoms with Crippen molar-refractivity contribution in [3.63, 3.8) is 0 Å². The summed E-state index contributed by atoms with van der Waals surface area (Å²) in [6, 6.07) is 0. The highest BCUT2D eigenvalue weighted by molar-refractivity contribution is 5.76. The molecule has 2 atom stereocenters. The number of carbonyl (C=O) groups excluding carboxylic acids is 1. The highest BCUT2D eigenvalue weighted by Crippen LogP contribution is 2.22. The Balaban J connectivity index is 1.73. The van der Waals surface area contributed by atoms with Crippen LogP contribution in [0.2, 0.25) is 0 Å². The van der Waals surface area contributed by atoms with Crippen LogP contribution in [0.1, 0.15) is 37.4 Å². The smallest absolute Gasteiger partial charge is 0.220 e. The van der Waals surface area contributed by atoms with Crippen molar-refractivity contribution in [1.29, 1.82) is 0 Å². The maximum atomic E-state index is 11.9. The number of nitrogens with zero attached hydrogens (tertiary/aromatic N) is 1. The van der Waals surface area contributed by atoms with E-state index in [-0.39, 0.29) is 5.91 Å². The van der Waals surface area contributed by atoms with Crippen molar-refractivity contribution in [2.75, 3.05) is 13.1 Å². The standard InChI is InChI=1S/C14H24N4O/c1-10(12-4-3-5-15-7-12)6-14(19)16-8-13-9-17-18-11(13)2/h9-10,12,15H,3-8H2,1-2H3,(H,16,19)(H,17,18). The summed E-state index contributed by atoms with van der Waals surface area (Å²) in [5, 5.41) is 13.2. The first-order valence-electron chi connectivity index (χ1n) is 7.13. The molecule has 0 spiro atoms. The van der Waals surface area contributed by atoms with Gasteiger partial charge in [-0.05, 0) is 44.7 Å². The van der Waals surface area contributed by atoms with Crippen molar-refractivity contribution in [3.8, 4) is 0 Å². The van der Waals surface area contributed by atoms with Crippen LogP contribution in [0.5, 0.6) is 0 Å². The third-order valence-electron chi connectivity index (χ3n) is 4.06. The van der Waals surface area contributed by atoms with Gasteiger partial charge >= 0.3 is 0 Å². The summed E-state index contributed by atoms with van der Waals surface area (Å²) in [6.45, 7) is 6.88. The lowest BCUT2D eigenvalue weighted by atomic mass is 9.85. The lowest BCUT2D eigenvalue weighted by Crippen LogP contribution is -2.35. The molecule has 0 aromatic carbocycles. The average Bonchev–Trinajstić information content (AvgIpc) is 2.83. The SMILES string of the molecule is Cc1[nH]ncc1CNC(=O)CC(C)C1CCCNC1. The molecule has 0 bridgehead atoms. The fourth-order valence-corrected chi connectivity index (χ4v) is 2.64. The third-order valence-corrected chi connectivity index (χ3v) is 4.06. The minimum Gasteiger partial charge on any atom is -0.352 e. The summed E-state index contributed by atoms with van der Waals surface area (Å²) in [5.41, 5.74) is 2.07. The first kappa shape index (κ1) is 14.1. The zero-order chi connectivity index (χ0) is 13.7. The van der Waals surface area contributed by atoms with Crippen molar-refractivity contribution in [2.24, 2.45) is 11.8 Å². The summed E-state index contributed by atoms with van der Waals surface area (Å²) in [4.78, 5) is 11.9. The minimum absolute atomic E-state index is 0.138. The molecule has 19 heavy (non-hydrogen) atoms. The average molecular weight is 264 g/mol. The lowest BCUT2D eigenvalue weighted by molar-refractivity contribution is -0.122. The van der Waals surface area contributed by atoms with E-state index in [1.165, 1.54) is 12.8 Å². The molecule has 2 heterocycles. The van der Waals surface area contributed by atoms with Gasteiger partial charge in [-0.2, -0.15) is 5.10 Å². The van der Waals surface area contributed by atoms with Crippen molar-refractivity contribution >= 4 is 5.91 Å². The van der Waals surface area contributed by atoms with Gasteiger partial charge in [0.1, 0.15) is 0 Å². The first-order chi connectivity index (χ1) is 9.16. The predicted molar refractivity (Wildman–Crippen MR) is 74.5 cm³/mol. The predicted octanol–water partition coefficient (Wildman–Crippen LogP) is 1.36. The van der Waals surface area contributed by atoms with Crippen LogP contribution in [0.3, 0.4) is 0 Å². The highest BCUT2D eigenvalue weighted by atomic mass is 16.1. The zero-order valence-corrected chi connectivity index (χ0v) is 11.8. The number of hydrogen-bond donors (Lipinski definition) is 3. The number of nitrogens with one attached hydrogen (secondary N) is 3. The quantitative estimate of drug-likeness (QED) is 0.752. The molecule has 3 N–H and O–H groups in total. The topological polar surface area (TPSA) is 69.8 Å². The van der Waals surface area contributed by atoms with Gasteiger partial charge in [0.25, 0.3) is 0 Å². The molecule has 0 aliphatic carbocycles. The van der Waals surface area contributed by atoms with E-state index >= 15 is 0 Å². The Kier molecular flexibility index (Phi) is 4.96. The van der Waals surface area contributed by atoms with Gasteiger partial charge in [-0.25, -0.2) is 0 Å². The van der Waals surface area contributed by atoms with Gasteiger partial charge in [0.2, 0.25) is 5.91 Å². The van der Waals surface area contributed by atoms with Crippen LogP contribution >= 0.6 is 0 Å². The van der Waals surface area contributed by atoms with Crippen molar-refractivity contribution in [2.45, 2.75) is 39.7 Å². The number of aromatic nitrogens is 2. The summed E-state index contributed by atoms with van der Waals surface area (Å²) in [7, 11) is 0. The molecule has 1 fully saturated rings. The molecule has 1 aromatic rings. The fourth-order valence-electron chi connectivity index (χ4n) is 2.64. The van der Waals surface area contributed by atoms with E-state index in [9.17, 15) is 4.79 Å². The van der Waals surface area contributed by atoms with Crippen LogP contribution in [-0.2, 0) is 11.3 Å². The Morgan fingerprint density at radius 3 is 3.11 bits per heavy atom. The largest absolute Gasteiger partial charge is 0.352 e. The van der Waals surface area contributed by atoms with Crippen LogP contribution in [0.4, 0.5) is 0 Å². The Hall–Kier alpha value is -1.36. The van der Waals surface area contributed by atoms with Crippen molar-refractivity contribution in [1.82, 2.24) is 20.8 Å². The number of aromatic amines is 1. The summed E-state index contributed by atoms with van der Waals surface area (Å²) < 4.78 is 0. The minimum atomic E-state index is 0.138. The Bertz CT molecular complexity index is 409. The molecular weight excluding hydrogens is 240 g/mol. The maximum Gasteiger partial charge on any atom is 0.220 e. The Morgan fingerprint density at radius 2 is 2.47 bits per heavy atom. The molecule has 1 aliphatic heterocycles. The molecule has 5 heteroatoms. The third kappa shape index (κ3) is 4.06. The molecule has 5 nitrogen and oxygen atoms in total. The Labute approximate surface area is 114 Å². The van der Waals surface area contributed by atoms with E-state index in [0.29, 0.717) is 24.8 Å². The van der Waals surface area contributed by atoms with Gasteiger partial charge < -0.3 is 10.6 Å². The summed E-state index contributed by atoms with van der Waals surface area (Å²) >= 11 is 0. The molecular formula is C14H24N4O. The number of amides is 1. The fraction of sp³-hybridized carbons (Fsp3) is 0.714. The molecule has 0 saturated carbocycles. The normalized spacial score (nSPS) is 21.1. The van der Waals surface area contributed by atoms with E-state index < -0.39 is 0 Å².